The molecule has 0 amide bonds. The van der Waals surface area contributed by atoms with Crippen LogP contribution in [0.15, 0.2) is 0 Å². The van der Waals surface area contributed by atoms with Crippen LogP contribution in [0.5, 0.6) is 0 Å². The van der Waals surface area contributed by atoms with Gasteiger partial charge < -0.3 is 5.32 Å². The van der Waals surface area contributed by atoms with Gasteiger partial charge in [0.15, 0.2) is 0 Å². The molecular formula is C17H32ClN3. The predicted molar refractivity (Wildman–Crippen MR) is 92.0 cm³/mol. The van der Waals surface area contributed by atoms with Crippen LogP contribution in [-0.4, -0.2) is 22.9 Å². The minimum atomic E-state index is 0.386. The number of likely N-dealkylation sites (N-methyl/N-ethyl adjacent to an activating group) is 1. The molecule has 0 saturated carbocycles. The van der Waals surface area contributed by atoms with E-state index in [9.17, 15) is 0 Å². The Hall–Kier alpha value is -0.540. The van der Waals surface area contributed by atoms with E-state index in [4.69, 9.17) is 11.6 Å². The van der Waals surface area contributed by atoms with Crippen LogP contribution < -0.4 is 5.32 Å². The highest BCUT2D eigenvalue weighted by atomic mass is 35.5. The van der Waals surface area contributed by atoms with E-state index in [1.807, 2.05) is 18.8 Å². The molecule has 0 bridgehead atoms. The number of hydrogen-bond acceptors (Lipinski definition) is 2. The standard InChI is InChI=1S/C17H32ClN3/c1-8-14-16(18)15(21(7)20-14)10-13(19-6)9-12(2)11-17(3,4)5/h12-13,19H,8-11H2,1-7H3. The Balaban J connectivity index is 2.72. The Kier molecular flexibility index (Phi) is 6.73. The fourth-order valence-electron chi connectivity index (χ4n) is 3.19. The highest BCUT2D eigenvalue weighted by Gasteiger charge is 2.21. The number of aromatic nitrogens is 2. The van der Waals surface area contributed by atoms with E-state index in [1.54, 1.807) is 0 Å². The Morgan fingerprint density at radius 2 is 1.95 bits per heavy atom. The van der Waals surface area contributed by atoms with E-state index < -0.39 is 0 Å². The molecule has 0 aromatic carbocycles. The number of rotatable bonds is 7. The normalized spacial score (nSPS) is 15.2. The molecule has 1 rings (SSSR count). The van der Waals surface area contributed by atoms with E-state index in [2.05, 4.69) is 45.0 Å². The Morgan fingerprint density at radius 1 is 1.33 bits per heavy atom. The summed E-state index contributed by atoms with van der Waals surface area (Å²) in [6.07, 6.45) is 4.23. The first-order chi connectivity index (χ1) is 9.67. The van der Waals surface area contributed by atoms with Crippen molar-refractivity contribution in [2.75, 3.05) is 7.05 Å². The number of nitrogens with one attached hydrogen (secondary N) is 1. The molecule has 0 saturated heterocycles. The van der Waals surface area contributed by atoms with Gasteiger partial charge >= 0.3 is 0 Å². The van der Waals surface area contributed by atoms with Crippen molar-refractivity contribution in [2.24, 2.45) is 18.4 Å². The van der Waals surface area contributed by atoms with Gasteiger partial charge in [0.1, 0.15) is 0 Å². The molecule has 0 fully saturated rings. The Labute approximate surface area is 135 Å². The summed E-state index contributed by atoms with van der Waals surface area (Å²) in [5.74, 6) is 0.695. The first kappa shape index (κ1) is 18.5. The van der Waals surface area contributed by atoms with Gasteiger partial charge in [-0.3, -0.25) is 4.68 Å². The van der Waals surface area contributed by atoms with E-state index in [0.717, 1.165) is 35.7 Å². The quantitative estimate of drug-likeness (QED) is 0.816. The fourth-order valence-corrected chi connectivity index (χ4v) is 3.56. The number of hydrogen-bond donors (Lipinski definition) is 1. The van der Waals surface area contributed by atoms with Gasteiger partial charge in [-0.05, 0) is 37.6 Å². The van der Waals surface area contributed by atoms with Crippen LogP contribution in [0.1, 0.15) is 58.8 Å². The van der Waals surface area contributed by atoms with Crippen molar-refractivity contribution < 1.29 is 0 Å². The summed E-state index contributed by atoms with van der Waals surface area (Å²) in [5, 5.41) is 8.81. The van der Waals surface area contributed by atoms with Gasteiger partial charge in [0.2, 0.25) is 0 Å². The predicted octanol–water partition coefficient (Wildman–Crippen LogP) is 4.23. The van der Waals surface area contributed by atoms with Gasteiger partial charge in [0, 0.05) is 19.5 Å². The molecule has 21 heavy (non-hydrogen) atoms. The molecule has 0 spiro atoms. The molecule has 0 aliphatic rings. The second-order valence-corrected chi connectivity index (χ2v) is 7.86. The molecule has 122 valence electrons. The van der Waals surface area contributed by atoms with E-state index in [-0.39, 0.29) is 0 Å². The van der Waals surface area contributed by atoms with Crippen molar-refractivity contribution in [3.05, 3.63) is 16.4 Å². The number of aryl methyl sites for hydroxylation is 2. The van der Waals surface area contributed by atoms with Crippen LogP contribution in [0, 0.1) is 11.3 Å². The van der Waals surface area contributed by atoms with Gasteiger partial charge in [-0.25, -0.2) is 0 Å². The zero-order valence-electron chi connectivity index (χ0n) is 14.8. The summed E-state index contributed by atoms with van der Waals surface area (Å²) in [4.78, 5) is 0. The van der Waals surface area contributed by atoms with Crippen molar-refractivity contribution in [2.45, 2.75) is 66.3 Å². The molecule has 2 atom stereocenters. The second-order valence-electron chi connectivity index (χ2n) is 7.48. The number of halogens is 1. The summed E-state index contributed by atoms with van der Waals surface area (Å²) in [5.41, 5.74) is 2.54. The van der Waals surface area contributed by atoms with Crippen molar-refractivity contribution in [1.29, 1.82) is 0 Å². The van der Waals surface area contributed by atoms with Gasteiger partial charge in [0.25, 0.3) is 0 Å². The lowest BCUT2D eigenvalue weighted by molar-refractivity contribution is 0.276. The van der Waals surface area contributed by atoms with E-state index in [1.165, 1.54) is 6.42 Å². The highest BCUT2D eigenvalue weighted by molar-refractivity contribution is 6.31. The maximum Gasteiger partial charge on any atom is 0.0850 e. The minimum absolute atomic E-state index is 0.386. The fraction of sp³-hybridized carbons (Fsp3) is 0.824. The summed E-state index contributed by atoms with van der Waals surface area (Å²) in [6, 6.07) is 0.444. The second kappa shape index (κ2) is 7.64. The monoisotopic (exact) mass is 313 g/mol. The summed E-state index contributed by atoms with van der Waals surface area (Å²) in [6.45, 7) is 11.4. The Bertz CT molecular complexity index is 446. The molecule has 0 radical (unpaired) electrons. The lowest BCUT2D eigenvalue weighted by atomic mass is 9.82. The third kappa shape index (κ3) is 5.63. The van der Waals surface area contributed by atoms with Crippen LogP contribution >= 0.6 is 11.6 Å². The molecule has 0 aliphatic heterocycles. The zero-order chi connectivity index (χ0) is 16.2. The highest BCUT2D eigenvalue weighted by Crippen LogP contribution is 2.28. The van der Waals surface area contributed by atoms with Crippen molar-refractivity contribution in [3.63, 3.8) is 0 Å². The van der Waals surface area contributed by atoms with E-state index in [0.29, 0.717) is 17.4 Å². The molecule has 1 heterocycles. The average molecular weight is 314 g/mol. The van der Waals surface area contributed by atoms with Gasteiger partial charge in [-0.15, -0.1) is 0 Å². The van der Waals surface area contributed by atoms with Crippen LogP contribution in [0.2, 0.25) is 5.02 Å². The topological polar surface area (TPSA) is 29.9 Å². The first-order valence-corrected chi connectivity index (χ1v) is 8.43. The molecule has 1 aromatic heterocycles. The SMILES string of the molecule is CCc1nn(C)c(CC(CC(C)CC(C)(C)C)NC)c1Cl. The van der Waals surface area contributed by atoms with Crippen LogP contribution in [0.25, 0.3) is 0 Å². The minimum Gasteiger partial charge on any atom is -0.317 e. The maximum absolute atomic E-state index is 6.46. The van der Waals surface area contributed by atoms with Crippen molar-refractivity contribution >= 4 is 11.6 Å². The smallest absolute Gasteiger partial charge is 0.0850 e. The lowest BCUT2D eigenvalue weighted by Crippen LogP contribution is -2.31. The molecule has 2 unspecified atom stereocenters. The van der Waals surface area contributed by atoms with Crippen LogP contribution in [0.4, 0.5) is 0 Å². The number of nitrogens with zero attached hydrogens (tertiary/aromatic N) is 2. The average Bonchev–Trinajstić information content (AvgIpc) is 2.62. The third-order valence-electron chi connectivity index (χ3n) is 4.00. The first-order valence-electron chi connectivity index (χ1n) is 8.05. The molecule has 1 aromatic rings. The molecule has 3 nitrogen and oxygen atoms in total. The van der Waals surface area contributed by atoms with Crippen LogP contribution in [-0.2, 0) is 19.9 Å². The largest absolute Gasteiger partial charge is 0.317 e. The summed E-state index contributed by atoms with van der Waals surface area (Å²) in [7, 11) is 4.03. The molecule has 1 N–H and O–H groups in total. The third-order valence-corrected chi connectivity index (χ3v) is 4.43. The molecule has 4 heteroatoms. The van der Waals surface area contributed by atoms with Gasteiger partial charge in [0.05, 0.1) is 16.4 Å². The molecule has 0 aliphatic carbocycles. The van der Waals surface area contributed by atoms with Gasteiger partial charge in [-0.1, -0.05) is 46.2 Å². The van der Waals surface area contributed by atoms with Crippen molar-refractivity contribution in [1.82, 2.24) is 15.1 Å². The van der Waals surface area contributed by atoms with Crippen molar-refractivity contribution in [3.8, 4) is 0 Å². The molecular weight excluding hydrogens is 282 g/mol. The Morgan fingerprint density at radius 3 is 2.38 bits per heavy atom. The van der Waals surface area contributed by atoms with Crippen LogP contribution in [0.3, 0.4) is 0 Å². The zero-order valence-corrected chi connectivity index (χ0v) is 15.5. The van der Waals surface area contributed by atoms with E-state index >= 15 is 0 Å². The summed E-state index contributed by atoms with van der Waals surface area (Å²) < 4.78 is 1.94. The lowest BCUT2D eigenvalue weighted by Gasteiger charge is -2.26. The van der Waals surface area contributed by atoms with Gasteiger partial charge in [-0.2, -0.15) is 5.10 Å². The summed E-state index contributed by atoms with van der Waals surface area (Å²) >= 11 is 6.46. The maximum atomic E-state index is 6.46.